The Kier molecular flexibility index (Phi) is 4.32. The molecule has 4 aromatic rings. The molecule has 7 heteroatoms. The molecule has 29 heavy (non-hydrogen) atoms. The van der Waals surface area contributed by atoms with Crippen molar-refractivity contribution < 1.29 is 4.74 Å². The van der Waals surface area contributed by atoms with Crippen LogP contribution in [0.3, 0.4) is 0 Å². The summed E-state index contributed by atoms with van der Waals surface area (Å²) in [5.41, 5.74) is 5.54. The molecule has 1 aliphatic carbocycles. The van der Waals surface area contributed by atoms with Gasteiger partial charge in [-0.05, 0) is 48.4 Å². The van der Waals surface area contributed by atoms with Crippen molar-refractivity contribution in [1.82, 2.24) is 24.1 Å². The standard InChI is InChI=1S/C22H22ClN5O/c1-13-15(8-5-9-17(13)29-3)16-12-28-19(18(16)14-6-4-7-14)20(23)25-21(26-28)22-24-10-11-27(22)2/h5,8-12,14H,4,6-7H2,1-3H3. The van der Waals surface area contributed by atoms with Gasteiger partial charge in [-0.1, -0.05) is 30.2 Å². The van der Waals surface area contributed by atoms with Crippen LogP contribution in [0.15, 0.2) is 36.8 Å². The van der Waals surface area contributed by atoms with Gasteiger partial charge in [0.05, 0.1) is 7.11 Å². The minimum atomic E-state index is 0.465. The van der Waals surface area contributed by atoms with E-state index in [1.807, 2.05) is 34.5 Å². The SMILES string of the molecule is COc1cccc(-c2cn3nc(-c4nccn4C)nc(Cl)c3c2C2CCC2)c1C. The summed E-state index contributed by atoms with van der Waals surface area (Å²) >= 11 is 6.73. The van der Waals surface area contributed by atoms with Crippen molar-refractivity contribution in [1.29, 1.82) is 0 Å². The lowest BCUT2D eigenvalue weighted by molar-refractivity contribution is 0.412. The quantitative estimate of drug-likeness (QED) is 0.475. The number of aromatic nitrogens is 5. The average molecular weight is 408 g/mol. The molecule has 0 saturated heterocycles. The van der Waals surface area contributed by atoms with E-state index in [4.69, 9.17) is 21.4 Å². The van der Waals surface area contributed by atoms with E-state index in [1.54, 1.807) is 13.3 Å². The fraction of sp³-hybridized carbons (Fsp3) is 0.318. The van der Waals surface area contributed by atoms with Gasteiger partial charge in [-0.25, -0.2) is 14.5 Å². The number of imidazole rings is 1. The summed E-state index contributed by atoms with van der Waals surface area (Å²) in [5.74, 6) is 2.55. The Morgan fingerprint density at radius 3 is 2.69 bits per heavy atom. The van der Waals surface area contributed by atoms with E-state index in [-0.39, 0.29) is 0 Å². The van der Waals surface area contributed by atoms with Crippen LogP contribution in [-0.2, 0) is 7.05 Å². The molecule has 0 aliphatic heterocycles. The summed E-state index contributed by atoms with van der Waals surface area (Å²) in [6.07, 6.45) is 9.24. The van der Waals surface area contributed by atoms with Crippen molar-refractivity contribution in [2.45, 2.75) is 32.1 Å². The van der Waals surface area contributed by atoms with E-state index in [2.05, 4.69) is 29.2 Å². The number of hydrogen-bond acceptors (Lipinski definition) is 4. The van der Waals surface area contributed by atoms with Gasteiger partial charge >= 0.3 is 0 Å². The van der Waals surface area contributed by atoms with E-state index in [9.17, 15) is 0 Å². The molecule has 1 saturated carbocycles. The molecule has 0 unspecified atom stereocenters. The van der Waals surface area contributed by atoms with Crippen LogP contribution in [0.1, 0.15) is 36.3 Å². The van der Waals surface area contributed by atoms with Gasteiger partial charge in [-0.15, -0.1) is 5.10 Å². The maximum Gasteiger partial charge on any atom is 0.217 e. The minimum absolute atomic E-state index is 0.465. The molecule has 1 fully saturated rings. The molecule has 5 rings (SSSR count). The fourth-order valence-corrected chi connectivity index (χ4v) is 4.46. The predicted octanol–water partition coefficient (Wildman–Crippen LogP) is 5.03. The van der Waals surface area contributed by atoms with Crippen LogP contribution in [0, 0.1) is 6.92 Å². The first-order chi connectivity index (χ1) is 14.1. The van der Waals surface area contributed by atoms with Crippen molar-refractivity contribution in [3.05, 3.63) is 53.1 Å². The Labute approximate surface area is 174 Å². The average Bonchev–Trinajstić information content (AvgIpc) is 3.25. The maximum absolute atomic E-state index is 6.73. The highest BCUT2D eigenvalue weighted by molar-refractivity contribution is 6.33. The van der Waals surface area contributed by atoms with Crippen LogP contribution in [0.5, 0.6) is 5.75 Å². The number of rotatable bonds is 4. The molecule has 0 amide bonds. The smallest absolute Gasteiger partial charge is 0.217 e. The summed E-state index contributed by atoms with van der Waals surface area (Å²) < 4.78 is 9.32. The van der Waals surface area contributed by atoms with Crippen LogP contribution in [0.25, 0.3) is 28.3 Å². The van der Waals surface area contributed by atoms with Gasteiger partial charge in [0.2, 0.25) is 5.82 Å². The topological polar surface area (TPSA) is 57.2 Å². The number of benzene rings is 1. The monoisotopic (exact) mass is 407 g/mol. The van der Waals surface area contributed by atoms with Gasteiger partial charge in [-0.2, -0.15) is 0 Å². The number of fused-ring (bicyclic) bond motifs is 1. The van der Waals surface area contributed by atoms with Gasteiger partial charge in [0.15, 0.2) is 11.0 Å². The number of hydrogen-bond donors (Lipinski definition) is 0. The van der Waals surface area contributed by atoms with Gasteiger partial charge < -0.3 is 9.30 Å². The minimum Gasteiger partial charge on any atom is -0.496 e. The molecule has 3 heterocycles. The largest absolute Gasteiger partial charge is 0.496 e. The molecule has 148 valence electrons. The molecular weight excluding hydrogens is 386 g/mol. The van der Waals surface area contributed by atoms with Gasteiger partial charge in [0.1, 0.15) is 11.3 Å². The van der Waals surface area contributed by atoms with E-state index < -0.39 is 0 Å². The molecule has 0 atom stereocenters. The third-order valence-electron chi connectivity index (χ3n) is 5.96. The molecule has 0 bridgehead atoms. The third kappa shape index (κ3) is 2.82. The number of ether oxygens (including phenoxy) is 1. The maximum atomic E-state index is 6.73. The molecule has 3 aromatic heterocycles. The summed E-state index contributed by atoms with van der Waals surface area (Å²) in [6, 6.07) is 6.15. The lowest BCUT2D eigenvalue weighted by Gasteiger charge is -2.27. The number of methoxy groups -OCH3 is 1. The van der Waals surface area contributed by atoms with Crippen molar-refractivity contribution in [3.63, 3.8) is 0 Å². The Balaban J connectivity index is 1.78. The van der Waals surface area contributed by atoms with Crippen LogP contribution >= 0.6 is 11.6 Å². The lowest BCUT2D eigenvalue weighted by atomic mass is 9.77. The highest BCUT2D eigenvalue weighted by Gasteiger charge is 2.29. The normalized spacial score (nSPS) is 14.3. The van der Waals surface area contributed by atoms with E-state index in [0.29, 0.717) is 22.7 Å². The Bertz CT molecular complexity index is 1220. The second kappa shape index (κ2) is 6.88. The van der Waals surface area contributed by atoms with Crippen LogP contribution in [0.4, 0.5) is 0 Å². The second-order valence-corrected chi connectivity index (χ2v) is 7.96. The Hall–Kier alpha value is -2.86. The zero-order chi connectivity index (χ0) is 20.1. The molecule has 1 aromatic carbocycles. The molecule has 6 nitrogen and oxygen atoms in total. The highest BCUT2D eigenvalue weighted by Crippen LogP contribution is 2.46. The van der Waals surface area contributed by atoms with Crippen LogP contribution < -0.4 is 4.74 Å². The summed E-state index contributed by atoms with van der Waals surface area (Å²) in [4.78, 5) is 8.96. The first kappa shape index (κ1) is 18.2. The molecular formula is C22H22ClN5O. The van der Waals surface area contributed by atoms with E-state index in [0.717, 1.165) is 40.8 Å². The number of aryl methyl sites for hydroxylation is 1. The molecule has 0 spiro atoms. The third-order valence-corrected chi connectivity index (χ3v) is 6.22. The molecule has 0 N–H and O–H groups in total. The lowest BCUT2D eigenvalue weighted by Crippen LogP contribution is -2.10. The highest BCUT2D eigenvalue weighted by atomic mass is 35.5. The van der Waals surface area contributed by atoms with Crippen molar-refractivity contribution in [3.8, 4) is 28.5 Å². The number of nitrogens with zero attached hydrogens (tertiary/aromatic N) is 5. The zero-order valence-electron chi connectivity index (χ0n) is 16.7. The fourth-order valence-electron chi connectivity index (χ4n) is 4.19. The molecule has 0 radical (unpaired) electrons. The van der Waals surface area contributed by atoms with Crippen LogP contribution in [-0.4, -0.2) is 31.3 Å². The van der Waals surface area contributed by atoms with Gasteiger partial charge in [0.25, 0.3) is 0 Å². The Morgan fingerprint density at radius 2 is 2.03 bits per heavy atom. The molecule has 1 aliphatic rings. The summed E-state index contributed by atoms with van der Waals surface area (Å²) in [6.45, 7) is 2.09. The van der Waals surface area contributed by atoms with E-state index in [1.165, 1.54) is 12.0 Å². The van der Waals surface area contributed by atoms with Crippen molar-refractivity contribution >= 4 is 17.1 Å². The van der Waals surface area contributed by atoms with Crippen molar-refractivity contribution in [2.24, 2.45) is 7.05 Å². The summed E-state index contributed by atoms with van der Waals surface area (Å²) in [7, 11) is 3.63. The van der Waals surface area contributed by atoms with E-state index >= 15 is 0 Å². The van der Waals surface area contributed by atoms with Crippen LogP contribution in [0.2, 0.25) is 5.15 Å². The zero-order valence-corrected chi connectivity index (χ0v) is 17.4. The predicted molar refractivity (Wildman–Crippen MR) is 114 cm³/mol. The summed E-state index contributed by atoms with van der Waals surface area (Å²) in [5, 5.41) is 5.23. The van der Waals surface area contributed by atoms with Gasteiger partial charge in [-0.3, -0.25) is 0 Å². The van der Waals surface area contributed by atoms with Crippen molar-refractivity contribution in [2.75, 3.05) is 7.11 Å². The van der Waals surface area contributed by atoms with Gasteiger partial charge in [0, 0.05) is 31.2 Å². The number of halogens is 1. The first-order valence-electron chi connectivity index (χ1n) is 9.79. The first-order valence-corrected chi connectivity index (χ1v) is 10.2. The Morgan fingerprint density at radius 1 is 1.21 bits per heavy atom. The second-order valence-electron chi connectivity index (χ2n) is 7.60.